The lowest BCUT2D eigenvalue weighted by Crippen LogP contribution is -2.40. The quantitative estimate of drug-likeness (QED) is 0.588. The van der Waals surface area contributed by atoms with Crippen molar-refractivity contribution < 1.29 is 24.2 Å². The van der Waals surface area contributed by atoms with Gasteiger partial charge in [-0.3, -0.25) is 14.5 Å². The number of methoxy groups -OCH3 is 1. The van der Waals surface area contributed by atoms with Gasteiger partial charge in [0.2, 0.25) is 11.8 Å². The summed E-state index contributed by atoms with van der Waals surface area (Å²) in [5.41, 5.74) is 0.978. The van der Waals surface area contributed by atoms with Gasteiger partial charge in [0.05, 0.1) is 25.5 Å². The molecule has 1 N–H and O–H groups in total. The first kappa shape index (κ1) is 19.2. The van der Waals surface area contributed by atoms with Gasteiger partial charge in [0.25, 0.3) is 0 Å². The lowest BCUT2D eigenvalue weighted by Gasteiger charge is -2.20. The van der Waals surface area contributed by atoms with Crippen molar-refractivity contribution >= 4 is 17.9 Å². The van der Waals surface area contributed by atoms with E-state index in [0.29, 0.717) is 24.3 Å². The molecule has 3 rings (SSSR count). The number of carbonyl (C=O) groups excluding carboxylic acids is 2. The zero-order valence-electron chi connectivity index (χ0n) is 15.6. The standard InChI is InChI=1S/C21H25NO5/c1-3-6-14-9-10-18(19(11-14)26-2)27-13-15(23)12-22-20(24)16-7-4-5-8-17(16)21(22)25/h3-6,9-11,15-17,23H,7-8,12-13H2,1-2H3/b6-3+/t15-,16-,17-/m1/s1. The molecule has 0 radical (unpaired) electrons. The van der Waals surface area contributed by atoms with E-state index in [1.54, 1.807) is 13.2 Å². The number of amides is 2. The van der Waals surface area contributed by atoms with Gasteiger partial charge in [0, 0.05) is 0 Å². The topological polar surface area (TPSA) is 76.1 Å². The van der Waals surface area contributed by atoms with Crippen LogP contribution in [0, 0.1) is 11.8 Å². The molecule has 1 aromatic rings. The van der Waals surface area contributed by atoms with E-state index in [1.807, 2.05) is 43.4 Å². The van der Waals surface area contributed by atoms with E-state index in [-0.39, 0.29) is 36.8 Å². The Morgan fingerprint density at radius 2 is 1.85 bits per heavy atom. The number of rotatable bonds is 7. The molecule has 0 aromatic heterocycles. The summed E-state index contributed by atoms with van der Waals surface area (Å²) in [7, 11) is 1.55. The largest absolute Gasteiger partial charge is 0.493 e. The van der Waals surface area contributed by atoms with E-state index in [4.69, 9.17) is 9.47 Å². The Morgan fingerprint density at radius 3 is 2.44 bits per heavy atom. The lowest BCUT2D eigenvalue weighted by molar-refractivity contribution is -0.141. The Bertz CT molecular complexity index is 744. The summed E-state index contributed by atoms with van der Waals surface area (Å²) >= 11 is 0. The molecular formula is C21H25NO5. The van der Waals surface area contributed by atoms with E-state index >= 15 is 0 Å². The van der Waals surface area contributed by atoms with Crippen molar-refractivity contribution in [3.05, 3.63) is 42.0 Å². The summed E-state index contributed by atoms with van der Waals surface area (Å²) in [4.78, 5) is 26.1. The Balaban J connectivity index is 1.59. The minimum absolute atomic E-state index is 0.0377. The molecule has 1 aromatic carbocycles. The maximum absolute atomic E-state index is 12.5. The number of fused-ring (bicyclic) bond motifs is 1. The van der Waals surface area contributed by atoms with Crippen molar-refractivity contribution in [2.24, 2.45) is 11.8 Å². The highest BCUT2D eigenvalue weighted by atomic mass is 16.5. The van der Waals surface area contributed by atoms with E-state index in [0.717, 1.165) is 5.56 Å². The van der Waals surface area contributed by atoms with Crippen molar-refractivity contribution in [2.75, 3.05) is 20.3 Å². The van der Waals surface area contributed by atoms with Crippen LogP contribution >= 0.6 is 0 Å². The van der Waals surface area contributed by atoms with E-state index in [2.05, 4.69) is 0 Å². The molecule has 2 amide bonds. The molecule has 144 valence electrons. The summed E-state index contributed by atoms with van der Waals surface area (Å²) in [5.74, 6) is 0.109. The third-order valence-corrected chi connectivity index (χ3v) is 4.97. The molecule has 1 heterocycles. The van der Waals surface area contributed by atoms with Crippen molar-refractivity contribution in [1.82, 2.24) is 4.90 Å². The second-order valence-electron chi connectivity index (χ2n) is 6.82. The summed E-state index contributed by atoms with van der Waals surface area (Å²) in [5, 5.41) is 10.3. The summed E-state index contributed by atoms with van der Waals surface area (Å²) < 4.78 is 11.0. The molecule has 6 heteroatoms. The van der Waals surface area contributed by atoms with Gasteiger partial charge in [0.1, 0.15) is 12.7 Å². The summed E-state index contributed by atoms with van der Waals surface area (Å²) in [6.07, 6.45) is 7.97. The average Bonchev–Trinajstić information content (AvgIpc) is 2.92. The molecule has 6 nitrogen and oxygen atoms in total. The van der Waals surface area contributed by atoms with Gasteiger partial charge in [0.15, 0.2) is 11.5 Å². The maximum Gasteiger partial charge on any atom is 0.233 e. The van der Waals surface area contributed by atoms with Crippen LogP contribution in [0.5, 0.6) is 11.5 Å². The van der Waals surface area contributed by atoms with Crippen LogP contribution in [0.15, 0.2) is 36.4 Å². The summed E-state index contributed by atoms with van der Waals surface area (Å²) in [6, 6.07) is 5.50. The first-order valence-corrected chi connectivity index (χ1v) is 9.17. The number of ether oxygens (including phenoxy) is 2. The smallest absolute Gasteiger partial charge is 0.233 e. The lowest BCUT2D eigenvalue weighted by atomic mass is 9.85. The summed E-state index contributed by atoms with van der Waals surface area (Å²) in [6.45, 7) is 1.84. The first-order chi connectivity index (χ1) is 13.0. The monoisotopic (exact) mass is 371 g/mol. The maximum atomic E-state index is 12.5. The number of hydrogen-bond donors (Lipinski definition) is 1. The highest BCUT2D eigenvalue weighted by molar-refractivity contribution is 6.05. The van der Waals surface area contributed by atoms with Gasteiger partial charge >= 0.3 is 0 Å². The number of hydrogen-bond acceptors (Lipinski definition) is 5. The molecule has 1 saturated heterocycles. The Morgan fingerprint density at radius 1 is 1.19 bits per heavy atom. The molecule has 27 heavy (non-hydrogen) atoms. The van der Waals surface area contributed by atoms with Gasteiger partial charge in [-0.25, -0.2) is 0 Å². The van der Waals surface area contributed by atoms with Crippen LogP contribution in [0.4, 0.5) is 0 Å². The van der Waals surface area contributed by atoms with Gasteiger partial charge < -0.3 is 14.6 Å². The molecular weight excluding hydrogens is 346 g/mol. The molecule has 1 aliphatic heterocycles. The fourth-order valence-corrected chi connectivity index (χ4v) is 3.60. The normalized spacial score (nSPS) is 23.0. The number of aliphatic hydroxyl groups is 1. The molecule has 0 bridgehead atoms. The number of allylic oxidation sites excluding steroid dienone is 3. The number of imide groups is 1. The number of aliphatic hydroxyl groups excluding tert-OH is 1. The first-order valence-electron chi connectivity index (χ1n) is 9.17. The molecule has 0 spiro atoms. The highest BCUT2D eigenvalue weighted by Crippen LogP contribution is 2.35. The number of carbonyl (C=O) groups is 2. The third-order valence-electron chi connectivity index (χ3n) is 4.97. The molecule has 2 aliphatic rings. The number of benzene rings is 1. The fraction of sp³-hybridized carbons (Fsp3) is 0.429. The SMILES string of the molecule is C/C=C/c1ccc(OC[C@H](O)CN2C(=O)[C@@H]3CC=CC[C@H]3C2=O)c(OC)c1. The molecule has 3 atom stereocenters. The number of β-amino-alcohol motifs (C(OH)–C–C–N with tert-alkyl or cyclic N) is 1. The average molecular weight is 371 g/mol. The molecule has 1 aliphatic carbocycles. The Hall–Kier alpha value is -2.60. The molecule has 0 unspecified atom stereocenters. The predicted octanol–water partition coefficient (Wildman–Crippen LogP) is 2.42. The van der Waals surface area contributed by atoms with Crippen molar-refractivity contribution in [3.63, 3.8) is 0 Å². The predicted molar refractivity (Wildman–Crippen MR) is 101 cm³/mol. The number of likely N-dealkylation sites (tertiary alicyclic amines) is 1. The van der Waals surface area contributed by atoms with Crippen LogP contribution in [0.1, 0.15) is 25.3 Å². The zero-order chi connectivity index (χ0) is 19.4. The Kier molecular flexibility index (Phi) is 5.96. The van der Waals surface area contributed by atoms with E-state index in [1.165, 1.54) is 4.90 Å². The third kappa shape index (κ3) is 4.06. The van der Waals surface area contributed by atoms with Crippen molar-refractivity contribution in [3.8, 4) is 11.5 Å². The van der Waals surface area contributed by atoms with Gasteiger partial charge in [-0.1, -0.05) is 30.4 Å². The van der Waals surface area contributed by atoms with E-state index < -0.39 is 6.10 Å². The fourth-order valence-electron chi connectivity index (χ4n) is 3.60. The van der Waals surface area contributed by atoms with Crippen LogP contribution in [0.2, 0.25) is 0 Å². The van der Waals surface area contributed by atoms with Crippen molar-refractivity contribution in [1.29, 1.82) is 0 Å². The van der Waals surface area contributed by atoms with Crippen LogP contribution in [0.25, 0.3) is 6.08 Å². The molecule has 1 fully saturated rings. The van der Waals surface area contributed by atoms with Crippen LogP contribution in [0.3, 0.4) is 0 Å². The zero-order valence-corrected chi connectivity index (χ0v) is 15.6. The van der Waals surface area contributed by atoms with Crippen LogP contribution in [-0.2, 0) is 9.59 Å². The Labute approximate surface area is 159 Å². The highest BCUT2D eigenvalue weighted by Gasteiger charge is 2.47. The van der Waals surface area contributed by atoms with Crippen LogP contribution in [-0.4, -0.2) is 48.2 Å². The number of nitrogens with zero attached hydrogens (tertiary/aromatic N) is 1. The minimum atomic E-state index is -0.967. The van der Waals surface area contributed by atoms with Gasteiger partial charge in [-0.15, -0.1) is 0 Å². The second-order valence-corrected chi connectivity index (χ2v) is 6.82. The molecule has 0 saturated carbocycles. The van der Waals surface area contributed by atoms with Gasteiger partial charge in [-0.2, -0.15) is 0 Å². The van der Waals surface area contributed by atoms with Gasteiger partial charge in [-0.05, 0) is 37.5 Å². The second kappa shape index (κ2) is 8.39. The van der Waals surface area contributed by atoms with Crippen molar-refractivity contribution in [2.45, 2.75) is 25.9 Å². The van der Waals surface area contributed by atoms with E-state index in [9.17, 15) is 14.7 Å². The minimum Gasteiger partial charge on any atom is -0.493 e. The van der Waals surface area contributed by atoms with Crippen LogP contribution < -0.4 is 9.47 Å².